The van der Waals surface area contributed by atoms with Gasteiger partial charge in [-0.15, -0.1) is 0 Å². The third kappa shape index (κ3) is 5.80. The van der Waals surface area contributed by atoms with Crippen molar-refractivity contribution in [2.75, 3.05) is 6.54 Å². The Bertz CT molecular complexity index is 851. The summed E-state index contributed by atoms with van der Waals surface area (Å²) in [6.07, 6.45) is 11.8. The van der Waals surface area contributed by atoms with Gasteiger partial charge in [-0.25, -0.2) is 0 Å². The van der Waals surface area contributed by atoms with E-state index < -0.39 is 0 Å². The minimum absolute atomic E-state index is 0.0155. The van der Waals surface area contributed by atoms with Crippen LogP contribution in [0.2, 0.25) is 0 Å². The molecular weight excluding hydrogens is 374 g/mol. The molecule has 1 saturated heterocycles. The van der Waals surface area contributed by atoms with Crippen molar-refractivity contribution < 1.29 is 9.59 Å². The van der Waals surface area contributed by atoms with Crippen LogP contribution >= 0.6 is 0 Å². The van der Waals surface area contributed by atoms with Crippen LogP contribution in [0.15, 0.2) is 36.5 Å². The van der Waals surface area contributed by atoms with Crippen LogP contribution in [0.3, 0.4) is 0 Å². The molecule has 1 fully saturated rings. The van der Waals surface area contributed by atoms with Crippen LogP contribution in [0.1, 0.15) is 82.0 Å². The van der Waals surface area contributed by atoms with Crippen LogP contribution in [-0.2, 0) is 4.79 Å². The second kappa shape index (κ2) is 11.1. The Kier molecular flexibility index (Phi) is 8.23. The van der Waals surface area contributed by atoms with Gasteiger partial charge >= 0.3 is 0 Å². The zero-order chi connectivity index (χ0) is 21.3. The van der Waals surface area contributed by atoms with Crippen LogP contribution in [0.25, 0.3) is 10.9 Å². The van der Waals surface area contributed by atoms with E-state index >= 15 is 0 Å². The summed E-state index contributed by atoms with van der Waals surface area (Å²) in [7, 11) is 0. The highest BCUT2D eigenvalue weighted by Crippen LogP contribution is 2.22. The Morgan fingerprint density at radius 3 is 2.80 bits per heavy atom. The van der Waals surface area contributed by atoms with Crippen molar-refractivity contribution in [2.24, 2.45) is 0 Å². The van der Waals surface area contributed by atoms with Gasteiger partial charge in [-0.1, -0.05) is 57.6 Å². The number of pyridine rings is 1. The van der Waals surface area contributed by atoms with Gasteiger partial charge in [0.1, 0.15) is 6.04 Å². The lowest BCUT2D eigenvalue weighted by Gasteiger charge is -2.25. The van der Waals surface area contributed by atoms with Gasteiger partial charge in [0, 0.05) is 29.7 Å². The lowest BCUT2D eigenvalue weighted by atomic mass is 10.1. The number of hydrogen-bond donors (Lipinski definition) is 1. The quantitative estimate of drug-likeness (QED) is 0.556. The summed E-state index contributed by atoms with van der Waals surface area (Å²) in [5.41, 5.74) is 1.40. The topological polar surface area (TPSA) is 62.3 Å². The Balaban J connectivity index is 1.53. The van der Waals surface area contributed by atoms with Crippen molar-refractivity contribution in [1.29, 1.82) is 0 Å². The maximum Gasteiger partial charge on any atom is 0.254 e. The van der Waals surface area contributed by atoms with Gasteiger partial charge in [-0.05, 0) is 44.4 Å². The first-order valence-electron chi connectivity index (χ1n) is 11.6. The van der Waals surface area contributed by atoms with Crippen LogP contribution < -0.4 is 5.32 Å². The summed E-state index contributed by atoms with van der Waals surface area (Å²) >= 11 is 0. The molecule has 0 bridgehead atoms. The van der Waals surface area contributed by atoms with Gasteiger partial charge in [-0.2, -0.15) is 0 Å². The molecule has 162 valence electrons. The van der Waals surface area contributed by atoms with E-state index in [1.54, 1.807) is 11.1 Å². The number of aromatic nitrogens is 1. The molecule has 1 aliphatic rings. The van der Waals surface area contributed by atoms with E-state index in [0.717, 1.165) is 36.6 Å². The molecule has 1 aliphatic heterocycles. The fourth-order valence-corrected chi connectivity index (χ4v) is 4.29. The number of amides is 2. The summed E-state index contributed by atoms with van der Waals surface area (Å²) in [6, 6.07) is 9.22. The summed E-state index contributed by atoms with van der Waals surface area (Å²) < 4.78 is 0. The normalized spacial score (nSPS) is 17.3. The number of unbranched alkanes of at least 4 members (excludes halogenated alkanes) is 5. The summed E-state index contributed by atoms with van der Waals surface area (Å²) in [6.45, 7) is 4.93. The Morgan fingerprint density at radius 2 is 1.97 bits per heavy atom. The molecule has 2 heterocycles. The summed E-state index contributed by atoms with van der Waals surface area (Å²) in [5, 5.41) is 4.15. The third-order valence-corrected chi connectivity index (χ3v) is 6.05. The average Bonchev–Trinajstić information content (AvgIpc) is 3.25. The average molecular weight is 410 g/mol. The van der Waals surface area contributed by atoms with Crippen molar-refractivity contribution in [3.05, 3.63) is 42.1 Å². The van der Waals surface area contributed by atoms with Crippen molar-refractivity contribution >= 4 is 22.7 Å². The van der Waals surface area contributed by atoms with E-state index in [4.69, 9.17) is 0 Å². The minimum atomic E-state index is -0.371. The first kappa shape index (κ1) is 22.3. The molecule has 0 radical (unpaired) electrons. The maximum absolute atomic E-state index is 13.1. The van der Waals surface area contributed by atoms with E-state index in [1.165, 1.54) is 32.1 Å². The first-order valence-corrected chi connectivity index (χ1v) is 11.6. The molecule has 1 aromatic heterocycles. The number of hydrogen-bond acceptors (Lipinski definition) is 3. The van der Waals surface area contributed by atoms with E-state index in [-0.39, 0.29) is 23.9 Å². The number of carbonyl (C=O) groups excluding carboxylic acids is 2. The van der Waals surface area contributed by atoms with Crippen molar-refractivity contribution in [3.8, 4) is 0 Å². The van der Waals surface area contributed by atoms with Gasteiger partial charge in [0.2, 0.25) is 5.91 Å². The minimum Gasteiger partial charge on any atom is -0.352 e. The van der Waals surface area contributed by atoms with Gasteiger partial charge in [0.15, 0.2) is 0 Å². The van der Waals surface area contributed by atoms with Crippen LogP contribution in [0.4, 0.5) is 0 Å². The van der Waals surface area contributed by atoms with Crippen LogP contribution in [-0.4, -0.2) is 40.3 Å². The maximum atomic E-state index is 13.1. The zero-order valence-corrected chi connectivity index (χ0v) is 18.4. The zero-order valence-electron chi connectivity index (χ0n) is 18.4. The smallest absolute Gasteiger partial charge is 0.254 e. The second-order valence-corrected chi connectivity index (χ2v) is 8.53. The van der Waals surface area contributed by atoms with Crippen molar-refractivity contribution in [1.82, 2.24) is 15.2 Å². The standard InChI is InChI=1S/C25H35N3O2/c1-3-4-5-6-7-8-11-19(2)27-24(29)23-13-10-17-28(23)25(30)21-15-14-20-12-9-16-26-22(20)18-21/h9,12,14-16,18-19,23H,3-8,10-11,13,17H2,1-2H3,(H,27,29). The molecule has 2 amide bonds. The molecular formula is C25H35N3O2. The number of fused-ring (bicyclic) bond motifs is 1. The monoisotopic (exact) mass is 409 g/mol. The number of likely N-dealkylation sites (tertiary alicyclic amines) is 1. The molecule has 5 nitrogen and oxygen atoms in total. The SMILES string of the molecule is CCCCCCCCC(C)NC(=O)C1CCCN1C(=O)c1ccc2cccnc2c1. The fraction of sp³-hybridized carbons (Fsp3) is 0.560. The molecule has 3 rings (SSSR count). The molecule has 0 spiro atoms. The van der Waals surface area contributed by atoms with E-state index in [9.17, 15) is 9.59 Å². The van der Waals surface area contributed by atoms with Crippen LogP contribution in [0.5, 0.6) is 0 Å². The van der Waals surface area contributed by atoms with Crippen molar-refractivity contribution in [3.63, 3.8) is 0 Å². The van der Waals surface area contributed by atoms with Gasteiger partial charge in [-0.3, -0.25) is 14.6 Å². The van der Waals surface area contributed by atoms with E-state index in [2.05, 4.69) is 24.1 Å². The van der Waals surface area contributed by atoms with Gasteiger partial charge in [0.25, 0.3) is 5.91 Å². The van der Waals surface area contributed by atoms with Gasteiger partial charge in [0.05, 0.1) is 5.52 Å². The highest BCUT2D eigenvalue weighted by Gasteiger charge is 2.35. The molecule has 0 saturated carbocycles. The lowest BCUT2D eigenvalue weighted by molar-refractivity contribution is -0.125. The van der Waals surface area contributed by atoms with E-state index in [0.29, 0.717) is 12.1 Å². The summed E-state index contributed by atoms with van der Waals surface area (Å²) in [5.74, 6) is -0.0953. The largest absolute Gasteiger partial charge is 0.352 e. The summed E-state index contributed by atoms with van der Waals surface area (Å²) in [4.78, 5) is 32.1. The second-order valence-electron chi connectivity index (χ2n) is 8.53. The Labute approximate surface area is 180 Å². The molecule has 1 N–H and O–H groups in total. The predicted molar refractivity (Wildman–Crippen MR) is 121 cm³/mol. The molecule has 2 atom stereocenters. The number of nitrogens with one attached hydrogen (secondary N) is 1. The Morgan fingerprint density at radius 1 is 1.17 bits per heavy atom. The fourth-order valence-electron chi connectivity index (χ4n) is 4.29. The van der Waals surface area contributed by atoms with Crippen molar-refractivity contribution in [2.45, 2.75) is 83.7 Å². The first-order chi connectivity index (χ1) is 14.6. The number of rotatable bonds is 10. The number of nitrogens with zero attached hydrogens (tertiary/aromatic N) is 2. The van der Waals surface area contributed by atoms with E-state index in [1.807, 2.05) is 30.3 Å². The Hall–Kier alpha value is -2.43. The molecule has 0 aliphatic carbocycles. The third-order valence-electron chi connectivity index (χ3n) is 6.05. The predicted octanol–water partition coefficient (Wildman–Crippen LogP) is 5.09. The molecule has 1 aromatic carbocycles. The molecule has 2 aromatic rings. The van der Waals surface area contributed by atoms with Gasteiger partial charge < -0.3 is 10.2 Å². The highest BCUT2D eigenvalue weighted by atomic mass is 16.2. The number of carbonyl (C=O) groups is 2. The highest BCUT2D eigenvalue weighted by molar-refractivity contribution is 6.00. The van der Waals surface area contributed by atoms with Crippen LogP contribution in [0, 0.1) is 0 Å². The number of benzene rings is 1. The molecule has 5 heteroatoms. The molecule has 30 heavy (non-hydrogen) atoms. The molecule has 2 unspecified atom stereocenters. The lowest BCUT2D eigenvalue weighted by Crippen LogP contribution is -2.48.